The van der Waals surface area contributed by atoms with Crippen molar-refractivity contribution < 1.29 is 9.59 Å². The van der Waals surface area contributed by atoms with Gasteiger partial charge < -0.3 is 5.32 Å². The van der Waals surface area contributed by atoms with E-state index < -0.39 is 12.1 Å². The Bertz CT molecular complexity index is 474. The Hall–Kier alpha value is -1.88. The SMILES string of the molecule is CCNC(=O)NC(=O)[C@@H](C)N[C@H](C)c1ccccc1C. The van der Waals surface area contributed by atoms with Gasteiger partial charge in [-0.3, -0.25) is 15.4 Å². The van der Waals surface area contributed by atoms with Gasteiger partial charge in [-0.2, -0.15) is 0 Å². The minimum atomic E-state index is -0.463. The van der Waals surface area contributed by atoms with Crippen LogP contribution in [0.5, 0.6) is 0 Å². The van der Waals surface area contributed by atoms with Gasteiger partial charge in [0.1, 0.15) is 0 Å². The molecule has 0 fully saturated rings. The number of carbonyl (C=O) groups is 2. The lowest BCUT2D eigenvalue weighted by molar-refractivity contribution is -0.121. The molecule has 0 radical (unpaired) electrons. The van der Waals surface area contributed by atoms with Crippen molar-refractivity contribution in [2.24, 2.45) is 0 Å². The zero-order valence-corrected chi connectivity index (χ0v) is 12.5. The maximum absolute atomic E-state index is 11.8. The smallest absolute Gasteiger partial charge is 0.321 e. The lowest BCUT2D eigenvalue weighted by Gasteiger charge is -2.21. The minimum absolute atomic E-state index is 0.0335. The lowest BCUT2D eigenvalue weighted by Crippen LogP contribution is -2.48. The second-order valence-electron chi connectivity index (χ2n) is 4.82. The van der Waals surface area contributed by atoms with Crippen LogP contribution in [-0.2, 0) is 4.79 Å². The molecule has 0 unspecified atom stereocenters. The van der Waals surface area contributed by atoms with E-state index in [9.17, 15) is 9.59 Å². The van der Waals surface area contributed by atoms with Gasteiger partial charge in [0.2, 0.25) is 5.91 Å². The van der Waals surface area contributed by atoms with Crippen molar-refractivity contribution in [3.05, 3.63) is 35.4 Å². The van der Waals surface area contributed by atoms with E-state index in [1.807, 2.05) is 38.1 Å². The first-order chi connectivity index (χ1) is 9.45. The molecule has 3 amide bonds. The fourth-order valence-corrected chi connectivity index (χ4v) is 2.04. The average Bonchev–Trinajstić information content (AvgIpc) is 2.39. The molecule has 0 bridgehead atoms. The van der Waals surface area contributed by atoms with Crippen LogP contribution >= 0.6 is 0 Å². The number of imide groups is 1. The average molecular weight is 277 g/mol. The van der Waals surface area contributed by atoms with Gasteiger partial charge in [0, 0.05) is 12.6 Å². The first-order valence-electron chi connectivity index (χ1n) is 6.86. The number of carbonyl (C=O) groups excluding carboxylic acids is 2. The number of hydrogen-bond donors (Lipinski definition) is 3. The maximum atomic E-state index is 11.8. The number of benzene rings is 1. The van der Waals surface area contributed by atoms with E-state index in [2.05, 4.69) is 16.0 Å². The van der Waals surface area contributed by atoms with Crippen molar-refractivity contribution in [3.8, 4) is 0 Å². The van der Waals surface area contributed by atoms with Crippen molar-refractivity contribution in [2.45, 2.75) is 39.8 Å². The third kappa shape index (κ3) is 4.66. The largest absolute Gasteiger partial charge is 0.338 e. The van der Waals surface area contributed by atoms with Crippen LogP contribution in [0.2, 0.25) is 0 Å². The number of rotatable bonds is 5. The van der Waals surface area contributed by atoms with Gasteiger partial charge >= 0.3 is 6.03 Å². The highest BCUT2D eigenvalue weighted by Gasteiger charge is 2.18. The molecule has 5 heteroatoms. The number of hydrogen-bond acceptors (Lipinski definition) is 3. The second-order valence-corrected chi connectivity index (χ2v) is 4.82. The van der Waals surface area contributed by atoms with Crippen molar-refractivity contribution in [1.82, 2.24) is 16.0 Å². The van der Waals surface area contributed by atoms with Crippen molar-refractivity contribution in [3.63, 3.8) is 0 Å². The Morgan fingerprint density at radius 2 is 1.85 bits per heavy atom. The molecule has 0 aliphatic heterocycles. The summed E-state index contributed by atoms with van der Waals surface area (Å²) in [5.41, 5.74) is 2.31. The summed E-state index contributed by atoms with van der Waals surface area (Å²) in [5, 5.41) is 8.02. The molecule has 2 atom stereocenters. The van der Waals surface area contributed by atoms with Crippen LogP contribution in [0.3, 0.4) is 0 Å². The molecular formula is C15H23N3O2. The van der Waals surface area contributed by atoms with E-state index in [0.29, 0.717) is 6.54 Å². The topological polar surface area (TPSA) is 70.2 Å². The van der Waals surface area contributed by atoms with Crippen LogP contribution in [-0.4, -0.2) is 24.5 Å². The molecule has 0 aromatic heterocycles. The molecule has 1 rings (SSSR count). The summed E-state index contributed by atoms with van der Waals surface area (Å²) in [6.07, 6.45) is 0. The number of aryl methyl sites for hydroxylation is 1. The minimum Gasteiger partial charge on any atom is -0.338 e. The standard InChI is InChI=1S/C15H23N3O2/c1-5-16-15(20)18-14(19)12(4)17-11(3)13-9-7-6-8-10(13)2/h6-9,11-12,17H,5H2,1-4H3,(H2,16,18,19,20)/t11-,12-/m1/s1. The lowest BCUT2D eigenvalue weighted by atomic mass is 10.0. The van der Waals surface area contributed by atoms with E-state index in [4.69, 9.17) is 0 Å². The molecule has 5 nitrogen and oxygen atoms in total. The summed E-state index contributed by atoms with van der Waals surface area (Å²) < 4.78 is 0. The number of urea groups is 1. The van der Waals surface area contributed by atoms with Crippen molar-refractivity contribution in [2.75, 3.05) is 6.54 Å². The second kappa shape index (κ2) is 7.65. The quantitative estimate of drug-likeness (QED) is 0.769. The predicted molar refractivity (Wildman–Crippen MR) is 79.4 cm³/mol. The molecule has 0 saturated carbocycles. The van der Waals surface area contributed by atoms with Crippen LogP contribution in [0.15, 0.2) is 24.3 Å². The zero-order valence-electron chi connectivity index (χ0n) is 12.5. The van der Waals surface area contributed by atoms with Crippen LogP contribution in [0.1, 0.15) is 37.9 Å². The van der Waals surface area contributed by atoms with E-state index in [1.165, 1.54) is 5.56 Å². The number of nitrogens with one attached hydrogen (secondary N) is 3. The van der Waals surface area contributed by atoms with Gasteiger partial charge in [-0.05, 0) is 38.8 Å². The molecule has 3 N–H and O–H groups in total. The van der Waals surface area contributed by atoms with Crippen LogP contribution in [0.25, 0.3) is 0 Å². The van der Waals surface area contributed by atoms with E-state index in [0.717, 1.165) is 5.56 Å². The van der Waals surface area contributed by atoms with E-state index in [-0.39, 0.29) is 11.9 Å². The fourth-order valence-electron chi connectivity index (χ4n) is 2.04. The van der Waals surface area contributed by atoms with Crippen LogP contribution in [0, 0.1) is 6.92 Å². The third-order valence-corrected chi connectivity index (χ3v) is 3.12. The fraction of sp³-hybridized carbons (Fsp3) is 0.467. The Labute approximate surface area is 120 Å². The van der Waals surface area contributed by atoms with Gasteiger partial charge in [-0.1, -0.05) is 24.3 Å². The molecule has 0 aliphatic rings. The highest BCUT2D eigenvalue weighted by atomic mass is 16.2. The van der Waals surface area contributed by atoms with Gasteiger partial charge in [-0.25, -0.2) is 4.79 Å². The summed E-state index contributed by atoms with van der Waals surface area (Å²) in [4.78, 5) is 23.1. The summed E-state index contributed by atoms with van der Waals surface area (Å²) in [5.74, 6) is -0.337. The Morgan fingerprint density at radius 3 is 2.45 bits per heavy atom. The molecule has 0 aliphatic carbocycles. The van der Waals surface area contributed by atoms with Gasteiger partial charge in [0.25, 0.3) is 0 Å². The predicted octanol–water partition coefficient (Wildman–Crippen LogP) is 1.88. The molecule has 1 aromatic carbocycles. The van der Waals surface area contributed by atoms with E-state index >= 15 is 0 Å². The maximum Gasteiger partial charge on any atom is 0.321 e. The monoisotopic (exact) mass is 277 g/mol. The molecule has 1 aromatic rings. The molecule has 0 spiro atoms. The Balaban J connectivity index is 2.57. The Morgan fingerprint density at radius 1 is 1.20 bits per heavy atom. The molecule has 110 valence electrons. The van der Waals surface area contributed by atoms with Crippen molar-refractivity contribution in [1.29, 1.82) is 0 Å². The summed E-state index contributed by atoms with van der Waals surface area (Å²) >= 11 is 0. The van der Waals surface area contributed by atoms with Crippen LogP contribution < -0.4 is 16.0 Å². The summed E-state index contributed by atoms with van der Waals surface area (Å²) in [6.45, 7) is 8.06. The molecule has 0 saturated heterocycles. The third-order valence-electron chi connectivity index (χ3n) is 3.12. The Kier molecular flexibility index (Phi) is 6.18. The molecular weight excluding hydrogens is 254 g/mol. The van der Waals surface area contributed by atoms with Gasteiger partial charge in [0.15, 0.2) is 0 Å². The van der Waals surface area contributed by atoms with Crippen molar-refractivity contribution >= 4 is 11.9 Å². The zero-order chi connectivity index (χ0) is 15.1. The van der Waals surface area contributed by atoms with Crippen LogP contribution in [0.4, 0.5) is 4.79 Å². The van der Waals surface area contributed by atoms with E-state index in [1.54, 1.807) is 13.8 Å². The van der Waals surface area contributed by atoms with Gasteiger partial charge in [0.05, 0.1) is 6.04 Å². The normalized spacial score (nSPS) is 13.4. The first-order valence-corrected chi connectivity index (χ1v) is 6.86. The molecule has 20 heavy (non-hydrogen) atoms. The highest BCUT2D eigenvalue weighted by Crippen LogP contribution is 2.17. The highest BCUT2D eigenvalue weighted by molar-refractivity contribution is 5.96. The molecule has 0 heterocycles. The summed E-state index contributed by atoms with van der Waals surface area (Å²) in [7, 11) is 0. The van der Waals surface area contributed by atoms with Gasteiger partial charge in [-0.15, -0.1) is 0 Å². The summed E-state index contributed by atoms with van der Waals surface area (Å²) in [6, 6.07) is 7.14. The number of amides is 3. The first kappa shape index (κ1) is 16.2.